The molecule has 2 aromatic carbocycles. The summed E-state index contributed by atoms with van der Waals surface area (Å²) in [7, 11) is 0. The van der Waals surface area contributed by atoms with Gasteiger partial charge < -0.3 is 16.2 Å². The Morgan fingerprint density at radius 3 is 2.26 bits per heavy atom. The molecule has 0 aliphatic heterocycles. The fourth-order valence-electron chi connectivity index (χ4n) is 1.74. The summed E-state index contributed by atoms with van der Waals surface area (Å²) in [6.45, 7) is 0.596. The second kappa shape index (κ2) is 6.02. The average molecular weight is 256 g/mol. The van der Waals surface area contributed by atoms with Gasteiger partial charge in [0.1, 0.15) is 5.75 Å². The van der Waals surface area contributed by atoms with Crippen LogP contribution >= 0.6 is 0 Å². The highest BCUT2D eigenvalue weighted by molar-refractivity contribution is 6.04. The van der Waals surface area contributed by atoms with Crippen LogP contribution in [0, 0.1) is 0 Å². The van der Waals surface area contributed by atoms with E-state index in [2.05, 4.69) is 5.32 Å². The summed E-state index contributed by atoms with van der Waals surface area (Å²) in [6, 6.07) is 13.7. The van der Waals surface area contributed by atoms with Crippen molar-refractivity contribution in [3.8, 4) is 5.75 Å². The summed E-state index contributed by atoms with van der Waals surface area (Å²) in [5, 5.41) is 11.9. The van der Waals surface area contributed by atoms with Crippen LogP contribution in [-0.4, -0.2) is 17.6 Å². The van der Waals surface area contributed by atoms with Crippen LogP contribution in [0.15, 0.2) is 48.5 Å². The van der Waals surface area contributed by atoms with E-state index >= 15 is 0 Å². The van der Waals surface area contributed by atoms with Crippen LogP contribution in [0.4, 0.5) is 5.69 Å². The summed E-state index contributed by atoms with van der Waals surface area (Å²) in [5.41, 5.74) is 7.83. The van der Waals surface area contributed by atoms with E-state index in [1.54, 1.807) is 24.3 Å². The number of aromatic hydroxyl groups is 1. The standard InChI is InChI=1S/C15H16N2O2/c16-10-9-11-1-3-12(4-2-11)15(19)17-13-5-7-14(18)8-6-13/h1-8,18H,9-10,16H2,(H,17,19). The number of nitrogens with one attached hydrogen (secondary N) is 1. The average Bonchev–Trinajstić information content (AvgIpc) is 2.42. The number of hydrogen-bond donors (Lipinski definition) is 3. The molecule has 4 nitrogen and oxygen atoms in total. The Kier molecular flexibility index (Phi) is 4.15. The lowest BCUT2D eigenvalue weighted by atomic mass is 10.1. The van der Waals surface area contributed by atoms with E-state index in [1.165, 1.54) is 12.1 Å². The van der Waals surface area contributed by atoms with Crippen molar-refractivity contribution < 1.29 is 9.90 Å². The highest BCUT2D eigenvalue weighted by Crippen LogP contribution is 2.15. The molecule has 19 heavy (non-hydrogen) atoms. The Bertz CT molecular complexity index is 547. The van der Waals surface area contributed by atoms with Crippen LogP contribution in [0.1, 0.15) is 15.9 Å². The van der Waals surface area contributed by atoms with Gasteiger partial charge in [-0.05, 0) is 54.9 Å². The molecule has 4 heteroatoms. The Hall–Kier alpha value is -2.33. The van der Waals surface area contributed by atoms with Crippen LogP contribution in [-0.2, 0) is 6.42 Å². The van der Waals surface area contributed by atoms with Crippen LogP contribution < -0.4 is 11.1 Å². The predicted molar refractivity (Wildman–Crippen MR) is 75.3 cm³/mol. The predicted octanol–water partition coefficient (Wildman–Crippen LogP) is 2.15. The number of rotatable bonds is 4. The van der Waals surface area contributed by atoms with E-state index in [0.717, 1.165) is 12.0 Å². The van der Waals surface area contributed by atoms with Gasteiger partial charge in [-0.3, -0.25) is 4.79 Å². The second-order valence-corrected chi connectivity index (χ2v) is 4.24. The van der Waals surface area contributed by atoms with Gasteiger partial charge in [0.25, 0.3) is 5.91 Å². The maximum Gasteiger partial charge on any atom is 0.255 e. The fraction of sp³-hybridized carbons (Fsp3) is 0.133. The lowest BCUT2D eigenvalue weighted by Crippen LogP contribution is -2.12. The van der Waals surface area contributed by atoms with E-state index in [4.69, 9.17) is 10.8 Å². The Morgan fingerprint density at radius 1 is 1.05 bits per heavy atom. The van der Waals surface area contributed by atoms with Gasteiger partial charge in [-0.15, -0.1) is 0 Å². The lowest BCUT2D eigenvalue weighted by molar-refractivity contribution is 0.102. The van der Waals surface area contributed by atoms with Crippen molar-refractivity contribution in [3.05, 3.63) is 59.7 Å². The zero-order valence-corrected chi connectivity index (χ0v) is 10.5. The van der Waals surface area contributed by atoms with Crippen molar-refractivity contribution in [2.24, 2.45) is 5.73 Å². The van der Waals surface area contributed by atoms with Crippen LogP contribution in [0.25, 0.3) is 0 Å². The highest BCUT2D eigenvalue weighted by atomic mass is 16.3. The molecule has 0 fully saturated rings. The van der Waals surface area contributed by atoms with E-state index in [-0.39, 0.29) is 11.7 Å². The zero-order valence-electron chi connectivity index (χ0n) is 10.5. The van der Waals surface area contributed by atoms with Crippen molar-refractivity contribution in [2.45, 2.75) is 6.42 Å². The lowest BCUT2D eigenvalue weighted by Gasteiger charge is -2.06. The molecule has 2 aromatic rings. The summed E-state index contributed by atoms with van der Waals surface area (Å²) in [4.78, 5) is 12.0. The molecule has 0 saturated carbocycles. The molecule has 98 valence electrons. The van der Waals surface area contributed by atoms with Crippen molar-refractivity contribution in [1.29, 1.82) is 0 Å². The van der Waals surface area contributed by atoms with E-state index in [9.17, 15) is 4.79 Å². The molecule has 0 unspecified atom stereocenters. The number of phenolic OH excluding ortho intramolecular Hbond substituents is 1. The molecule has 2 rings (SSSR count). The summed E-state index contributed by atoms with van der Waals surface area (Å²) in [5.74, 6) is -0.00544. The third-order valence-corrected chi connectivity index (χ3v) is 2.77. The Morgan fingerprint density at radius 2 is 1.68 bits per heavy atom. The Balaban J connectivity index is 2.05. The molecule has 0 aromatic heterocycles. The van der Waals surface area contributed by atoms with Crippen LogP contribution in [0.2, 0.25) is 0 Å². The van der Waals surface area contributed by atoms with Crippen molar-refractivity contribution >= 4 is 11.6 Å². The monoisotopic (exact) mass is 256 g/mol. The normalized spacial score (nSPS) is 10.2. The number of nitrogens with two attached hydrogens (primary N) is 1. The first-order valence-electron chi connectivity index (χ1n) is 6.08. The first-order chi connectivity index (χ1) is 9.19. The SMILES string of the molecule is NCCc1ccc(C(=O)Nc2ccc(O)cc2)cc1. The molecule has 4 N–H and O–H groups in total. The van der Waals surface area contributed by atoms with Crippen LogP contribution in [0.3, 0.4) is 0 Å². The summed E-state index contributed by atoms with van der Waals surface area (Å²) in [6.07, 6.45) is 0.805. The maximum absolute atomic E-state index is 12.0. The van der Waals surface area contributed by atoms with Crippen molar-refractivity contribution in [2.75, 3.05) is 11.9 Å². The van der Waals surface area contributed by atoms with Gasteiger partial charge in [0.15, 0.2) is 0 Å². The minimum absolute atomic E-state index is 0.170. The molecular formula is C15H16N2O2. The first kappa shape index (κ1) is 13.1. The number of anilines is 1. The largest absolute Gasteiger partial charge is 0.508 e. The number of carbonyl (C=O) groups excluding carboxylic acids is 1. The zero-order chi connectivity index (χ0) is 13.7. The third-order valence-electron chi connectivity index (χ3n) is 2.77. The van der Waals surface area contributed by atoms with Gasteiger partial charge in [0.2, 0.25) is 0 Å². The number of phenols is 1. The van der Waals surface area contributed by atoms with Gasteiger partial charge in [-0.25, -0.2) is 0 Å². The number of carbonyl (C=O) groups is 1. The summed E-state index contributed by atoms with van der Waals surface area (Å²) < 4.78 is 0. The van der Waals surface area contributed by atoms with E-state index in [0.29, 0.717) is 17.8 Å². The minimum atomic E-state index is -0.176. The van der Waals surface area contributed by atoms with Gasteiger partial charge >= 0.3 is 0 Å². The highest BCUT2D eigenvalue weighted by Gasteiger charge is 2.05. The fourth-order valence-corrected chi connectivity index (χ4v) is 1.74. The second-order valence-electron chi connectivity index (χ2n) is 4.24. The molecular weight excluding hydrogens is 240 g/mol. The van der Waals surface area contributed by atoms with Gasteiger partial charge in [0.05, 0.1) is 0 Å². The van der Waals surface area contributed by atoms with E-state index < -0.39 is 0 Å². The van der Waals surface area contributed by atoms with Crippen molar-refractivity contribution in [1.82, 2.24) is 0 Å². The van der Waals surface area contributed by atoms with Gasteiger partial charge in [0, 0.05) is 11.3 Å². The van der Waals surface area contributed by atoms with Gasteiger partial charge in [-0.2, -0.15) is 0 Å². The minimum Gasteiger partial charge on any atom is -0.508 e. The molecule has 0 aliphatic carbocycles. The smallest absolute Gasteiger partial charge is 0.255 e. The molecule has 0 radical (unpaired) electrons. The Labute approximate surface area is 111 Å². The maximum atomic E-state index is 12.0. The molecule has 0 heterocycles. The molecule has 0 atom stereocenters. The first-order valence-corrected chi connectivity index (χ1v) is 6.08. The number of amides is 1. The third kappa shape index (κ3) is 3.56. The van der Waals surface area contributed by atoms with E-state index in [1.807, 2.05) is 12.1 Å². The number of hydrogen-bond acceptors (Lipinski definition) is 3. The summed E-state index contributed by atoms with van der Waals surface area (Å²) >= 11 is 0. The van der Waals surface area contributed by atoms with Crippen molar-refractivity contribution in [3.63, 3.8) is 0 Å². The molecule has 0 aliphatic rings. The molecule has 0 bridgehead atoms. The van der Waals surface area contributed by atoms with Crippen LogP contribution in [0.5, 0.6) is 5.75 Å². The molecule has 0 spiro atoms. The quantitative estimate of drug-likeness (QED) is 0.734. The molecule has 1 amide bonds. The topological polar surface area (TPSA) is 75.4 Å². The van der Waals surface area contributed by atoms with Gasteiger partial charge in [-0.1, -0.05) is 12.1 Å². The molecule has 0 saturated heterocycles. The number of benzene rings is 2.